The normalized spacial score (nSPS) is 27.0. The molecule has 0 saturated carbocycles. The second-order valence-electron chi connectivity index (χ2n) is 6.16. The molecule has 2 aliphatic heterocycles. The van der Waals surface area contributed by atoms with Crippen LogP contribution in [0.4, 0.5) is 5.69 Å². The number of anilines is 1. The number of sulfone groups is 1. The Balaban J connectivity index is 2.04. The predicted octanol–water partition coefficient (Wildman–Crippen LogP) is 3.25. The number of aliphatic imine (C=N–C) groups is 1. The summed E-state index contributed by atoms with van der Waals surface area (Å²) in [6.45, 7) is 3.56. The molecule has 2 saturated heterocycles. The predicted molar refractivity (Wildman–Crippen MR) is 100 cm³/mol. The molecule has 130 valence electrons. The summed E-state index contributed by atoms with van der Waals surface area (Å²) in [5.74, 6) is -0.321. The van der Waals surface area contributed by atoms with Crippen LogP contribution in [0.3, 0.4) is 0 Å². The highest BCUT2D eigenvalue weighted by molar-refractivity contribution is 8.16. The average Bonchev–Trinajstić information content (AvgIpc) is 2.93. The van der Waals surface area contributed by atoms with Gasteiger partial charge in [0.05, 0.1) is 27.6 Å². The van der Waals surface area contributed by atoms with Crippen molar-refractivity contribution < 1.29 is 13.2 Å². The first-order chi connectivity index (χ1) is 11.2. The number of rotatable bonds is 2. The number of nitrogens with zero attached hydrogens (tertiary/aromatic N) is 2. The zero-order valence-corrected chi connectivity index (χ0v) is 16.2. The topological polar surface area (TPSA) is 66.8 Å². The molecule has 2 atom stereocenters. The smallest absolute Gasteiger partial charge is 0.250 e. The lowest BCUT2D eigenvalue weighted by molar-refractivity contribution is -0.120. The zero-order valence-electron chi connectivity index (χ0n) is 13.1. The lowest BCUT2D eigenvalue weighted by Gasteiger charge is -2.25. The van der Waals surface area contributed by atoms with Crippen molar-refractivity contribution in [1.29, 1.82) is 0 Å². The number of fused-ring (bicyclic) bond motifs is 1. The van der Waals surface area contributed by atoms with Crippen molar-refractivity contribution in [3.05, 3.63) is 28.2 Å². The van der Waals surface area contributed by atoms with E-state index in [2.05, 4.69) is 4.99 Å². The lowest BCUT2D eigenvalue weighted by atomic mass is 10.2. The number of hydrogen-bond acceptors (Lipinski definition) is 4. The third-order valence-corrected chi connectivity index (χ3v) is 7.90. The van der Waals surface area contributed by atoms with Gasteiger partial charge in [-0.3, -0.25) is 4.79 Å². The van der Waals surface area contributed by atoms with Crippen LogP contribution in [0.5, 0.6) is 0 Å². The van der Waals surface area contributed by atoms with Gasteiger partial charge in [-0.25, -0.2) is 8.42 Å². The number of amides is 1. The van der Waals surface area contributed by atoms with Gasteiger partial charge in [0.1, 0.15) is 0 Å². The van der Waals surface area contributed by atoms with E-state index in [0.29, 0.717) is 20.9 Å². The van der Waals surface area contributed by atoms with Crippen molar-refractivity contribution in [2.24, 2.45) is 10.9 Å². The van der Waals surface area contributed by atoms with E-state index in [1.807, 2.05) is 4.90 Å². The molecule has 0 aromatic heterocycles. The van der Waals surface area contributed by atoms with Crippen LogP contribution in [0.1, 0.15) is 13.8 Å². The first-order valence-electron chi connectivity index (χ1n) is 7.42. The molecule has 1 amide bonds. The molecular weight excluding hydrogens is 391 g/mol. The Morgan fingerprint density at radius 3 is 2.62 bits per heavy atom. The van der Waals surface area contributed by atoms with Crippen molar-refractivity contribution >= 4 is 61.6 Å². The van der Waals surface area contributed by atoms with Gasteiger partial charge in [0.15, 0.2) is 15.0 Å². The number of carbonyl (C=O) groups is 1. The molecule has 2 fully saturated rings. The van der Waals surface area contributed by atoms with Gasteiger partial charge in [-0.1, -0.05) is 48.8 Å². The maximum atomic E-state index is 12.1. The van der Waals surface area contributed by atoms with Crippen LogP contribution < -0.4 is 4.90 Å². The molecule has 0 N–H and O–H groups in total. The van der Waals surface area contributed by atoms with Crippen molar-refractivity contribution in [2.75, 3.05) is 16.4 Å². The van der Waals surface area contributed by atoms with Gasteiger partial charge in [0.25, 0.3) is 5.91 Å². The Kier molecular flexibility index (Phi) is 4.90. The molecule has 24 heavy (non-hydrogen) atoms. The van der Waals surface area contributed by atoms with Crippen molar-refractivity contribution in [2.45, 2.75) is 25.1 Å². The minimum atomic E-state index is -3.09. The number of amidine groups is 1. The van der Waals surface area contributed by atoms with Crippen LogP contribution in [-0.2, 0) is 14.6 Å². The molecule has 2 heterocycles. The minimum Gasteiger partial charge on any atom is -0.316 e. The Hall–Kier alpha value is -0.760. The van der Waals surface area contributed by atoms with E-state index >= 15 is 0 Å². The van der Waals surface area contributed by atoms with Gasteiger partial charge < -0.3 is 4.90 Å². The van der Waals surface area contributed by atoms with Crippen LogP contribution in [0.2, 0.25) is 10.0 Å². The summed E-state index contributed by atoms with van der Waals surface area (Å²) < 4.78 is 24.0. The lowest BCUT2D eigenvalue weighted by Crippen LogP contribution is -2.37. The molecule has 0 unspecified atom stereocenters. The molecule has 0 aliphatic carbocycles. The van der Waals surface area contributed by atoms with E-state index in [-0.39, 0.29) is 34.6 Å². The van der Waals surface area contributed by atoms with Crippen molar-refractivity contribution in [3.63, 3.8) is 0 Å². The number of hydrogen-bond donors (Lipinski definition) is 0. The van der Waals surface area contributed by atoms with Crippen LogP contribution in [0.25, 0.3) is 0 Å². The number of halogens is 2. The van der Waals surface area contributed by atoms with E-state index < -0.39 is 9.84 Å². The fourth-order valence-corrected chi connectivity index (χ4v) is 6.94. The molecule has 3 rings (SSSR count). The van der Waals surface area contributed by atoms with E-state index in [1.54, 1.807) is 32.0 Å². The van der Waals surface area contributed by atoms with E-state index in [9.17, 15) is 13.2 Å². The van der Waals surface area contributed by atoms with Crippen molar-refractivity contribution in [1.82, 2.24) is 0 Å². The Labute approximate surface area is 155 Å². The minimum absolute atomic E-state index is 0.0415. The first kappa shape index (κ1) is 18.0. The summed E-state index contributed by atoms with van der Waals surface area (Å²) in [6, 6.07) is 4.84. The summed E-state index contributed by atoms with van der Waals surface area (Å²) in [6.07, 6.45) is 0. The highest BCUT2D eigenvalue weighted by Crippen LogP contribution is 2.42. The van der Waals surface area contributed by atoms with Gasteiger partial charge in [-0.15, -0.1) is 0 Å². The molecule has 9 heteroatoms. The maximum absolute atomic E-state index is 12.1. The van der Waals surface area contributed by atoms with Crippen LogP contribution in [-0.4, -0.2) is 42.3 Å². The van der Waals surface area contributed by atoms with Gasteiger partial charge in [-0.05, 0) is 18.2 Å². The van der Waals surface area contributed by atoms with E-state index in [0.717, 1.165) is 0 Å². The van der Waals surface area contributed by atoms with Crippen LogP contribution in [0.15, 0.2) is 23.2 Å². The number of carbonyl (C=O) groups excluding carboxylic acids is 1. The molecule has 1 aromatic carbocycles. The zero-order chi connectivity index (χ0) is 17.6. The fraction of sp³-hybridized carbons (Fsp3) is 0.467. The second-order valence-corrected chi connectivity index (χ2v) is 10.3. The summed E-state index contributed by atoms with van der Waals surface area (Å²) in [5.41, 5.74) is 0.691. The maximum Gasteiger partial charge on any atom is 0.250 e. The molecule has 5 nitrogen and oxygen atoms in total. The molecule has 2 aliphatic rings. The van der Waals surface area contributed by atoms with Gasteiger partial charge in [-0.2, -0.15) is 4.99 Å². The second kappa shape index (κ2) is 6.52. The van der Waals surface area contributed by atoms with Gasteiger partial charge >= 0.3 is 0 Å². The van der Waals surface area contributed by atoms with Gasteiger partial charge in [0.2, 0.25) is 0 Å². The Morgan fingerprint density at radius 2 is 2.00 bits per heavy atom. The average molecular weight is 407 g/mol. The molecule has 1 aromatic rings. The summed E-state index contributed by atoms with van der Waals surface area (Å²) in [5, 5.41) is 1.18. The Morgan fingerprint density at radius 1 is 1.29 bits per heavy atom. The summed E-state index contributed by atoms with van der Waals surface area (Å²) in [7, 11) is -3.09. The van der Waals surface area contributed by atoms with Crippen molar-refractivity contribution in [3.8, 4) is 0 Å². The highest BCUT2D eigenvalue weighted by Gasteiger charge is 2.49. The summed E-state index contributed by atoms with van der Waals surface area (Å²) in [4.78, 5) is 18.1. The van der Waals surface area contributed by atoms with Gasteiger partial charge in [0, 0.05) is 16.9 Å². The van der Waals surface area contributed by atoms with E-state index in [4.69, 9.17) is 23.2 Å². The monoisotopic (exact) mass is 406 g/mol. The highest BCUT2D eigenvalue weighted by atomic mass is 35.5. The molecule has 0 radical (unpaired) electrons. The summed E-state index contributed by atoms with van der Waals surface area (Å²) >= 11 is 13.4. The van der Waals surface area contributed by atoms with E-state index in [1.165, 1.54) is 11.8 Å². The standard InChI is InChI=1S/C15H16Cl2N2O3S2/c1-8(2)14(20)18-15-19(9-3-4-10(16)11(17)5-9)12-6-24(21,22)7-13(12)23-15/h3-5,8,12-13H,6-7H2,1-2H3/t12-,13-/m0/s1. The largest absolute Gasteiger partial charge is 0.316 e. The van der Waals surface area contributed by atoms with Crippen LogP contribution >= 0.6 is 35.0 Å². The SMILES string of the molecule is CC(C)C(=O)N=C1S[C@H]2CS(=O)(=O)C[C@@H]2N1c1ccc(Cl)c(Cl)c1. The first-order valence-corrected chi connectivity index (χ1v) is 10.9. The third kappa shape index (κ3) is 3.45. The van der Waals surface area contributed by atoms with Crippen LogP contribution in [0, 0.1) is 5.92 Å². The molecular formula is C15H16Cl2N2O3S2. The fourth-order valence-electron chi connectivity index (χ4n) is 2.72. The third-order valence-electron chi connectivity index (χ3n) is 3.95. The Bertz CT molecular complexity index is 824. The number of thioether (sulfide) groups is 1. The molecule has 0 spiro atoms. The number of benzene rings is 1. The quantitative estimate of drug-likeness (QED) is 0.753. The molecule has 0 bridgehead atoms.